The summed E-state index contributed by atoms with van der Waals surface area (Å²) in [5.74, 6) is 0. The summed E-state index contributed by atoms with van der Waals surface area (Å²) >= 11 is 0. The van der Waals surface area contributed by atoms with E-state index in [1.165, 1.54) is 0 Å². The van der Waals surface area contributed by atoms with Gasteiger partial charge in [0.2, 0.25) is 0 Å². The Balaban J connectivity index is 0. The van der Waals surface area contributed by atoms with Crippen LogP contribution >= 0.6 is 0 Å². The summed E-state index contributed by atoms with van der Waals surface area (Å²) in [4.78, 5) is 0. The van der Waals surface area contributed by atoms with Gasteiger partial charge in [-0.3, -0.25) is 0 Å². The van der Waals surface area contributed by atoms with Crippen molar-refractivity contribution < 1.29 is 78.6 Å². The second-order valence-electron chi connectivity index (χ2n) is 0. The molecule has 0 unspecified atom stereocenters. The van der Waals surface area contributed by atoms with Crippen LogP contribution in [0.2, 0.25) is 0 Å². The zero-order valence-corrected chi connectivity index (χ0v) is 8.60. The molecule has 0 saturated heterocycles. The molecule has 0 bridgehead atoms. The molecule has 0 saturated carbocycles. The Hall–Kier alpha value is 2.34. The average Bonchev–Trinajstić information content (AvgIpc) is 0. The largest absolute Gasteiger partial charge is 0.412 e. The SMILES string of the molecule is O.[La].[Ni].[Pt]. The summed E-state index contributed by atoms with van der Waals surface area (Å²) in [5.41, 5.74) is 0. The Labute approximate surface area is 77.4 Å². The van der Waals surface area contributed by atoms with Gasteiger partial charge in [0.1, 0.15) is 0 Å². The van der Waals surface area contributed by atoms with Crippen LogP contribution in [0.15, 0.2) is 0 Å². The Morgan fingerprint density at radius 1 is 1.00 bits per heavy atom. The topological polar surface area (TPSA) is 31.5 Å². The van der Waals surface area contributed by atoms with Crippen LogP contribution in [-0.4, -0.2) is 5.48 Å². The van der Waals surface area contributed by atoms with Gasteiger partial charge < -0.3 is 5.48 Å². The van der Waals surface area contributed by atoms with E-state index in [1.54, 1.807) is 0 Å². The van der Waals surface area contributed by atoms with Gasteiger partial charge in [0.15, 0.2) is 0 Å². The Kier molecular flexibility index (Phi) is 152. The predicted octanol–water partition coefficient (Wildman–Crippen LogP) is -0.830. The van der Waals surface area contributed by atoms with Crippen molar-refractivity contribution in [2.45, 2.75) is 0 Å². The molecular formula is H2LaNiOPt. The van der Waals surface area contributed by atoms with Crippen molar-refractivity contribution in [3.63, 3.8) is 0 Å². The number of rotatable bonds is 0. The van der Waals surface area contributed by atoms with Gasteiger partial charge in [-0.15, -0.1) is 0 Å². The summed E-state index contributed by atoms with van der Waals surface area (Å²) in [6.45, 7) is 0. The van der Waals surface area contributed by atoms with Crippen LogP contribution < -0.4 is 0 Å². The quantitative estimate of drug-likeness (QED) is 0.467. The zero-order chi connectivity index (χ0) is 0. The van der Waals surface area contributed by atoms with Crippen molar-refractivity contribution in [3.8, 4) is 0 Å². The number of hydrogen-bond donors (Lipinski definition) is 0. The second-order valence-corrected chi connectivity index (χ2v) is 0. The molecule has 0 amide bonds. The third-order valence-electron chi connectivity index (χ3n) is 0. The molecule has 4 heteroatoms. The van der Waals surface area contributed by atoms with E-state index in [9.17, 15) is 0 Å². The van der Waals surface area contributed by atoms with Gasteiger partial charge in [-0.2, -0.15) is 0 Å². The molecule has 1 radical (unpaired) electrons. The van der Waals surface area contributed by atoms with Crippen LogP contribution in [0.25, 0.3) is 0 Å². The van der Waals surface area contributed by atoms with E-state index in [0.717, 1.165) is 0 Å². The molecule has 0 spiro atoms. The molecule has 0 aromatic rings. The standard InChI is InChI=1S/La.Ni.H2O.Pt/h;;1H2;. The minimum atomic E-state index is 0. The van der Waals surface area contributed by atoms with E-state index in [1.807, 2.05) is 0 Å². The van der Waals surface area contributed by atoms with Crippen molar-refractivity contribution in [2.24, 2.45) is 0 Å². The third-order valence-corrected chi connectivity index (χ3v) is 0. The first-order valence-electron chi connectivity index (χ1n) is 0. The Morgan fingerprint density at radius 3 is 1.00 bits per heavy atom. The fourth-order valence-electron chi connectivity index (χ4n) is 0. The van der Waals surface area contributed by atoms with Crippen LogP contribution in [0.4, 0.5) is 0 Å². The molecule has 0 fully saturated rings. The normalized spacial score (nSPS) is 0. The molecule has 4 heavy (non-hydrogen) atoms. The van der Waals surface area contributed by atoms with E-state index in [0.29, 0.717) is 0 Å². The summed E-state index contributed by atoms with van der Waals surface area (Å²) in [7, 11) is 0. The first kappa shape index (κ1) is 33.1. The summed E-state index contributed by atoms with van der Waals surface area (Å²) in [5, 5.41) is 0. The van der Waals surface area contributed by atoms with Gasteiger partial charge in [-0.05, 0) is 0 Å². The molecule has 0 aliphatic heterocycles. The number of hydrogen-bond acceptors (Lipinski definition) is 0. The fourth-order valence-corrected chi connectivity index (χ4v) is 0. The van der Waals surface area contributed by atoms with Crippen molar-refractivity contribution in [2.75, 3.05) is 0 Å². The predicted molar refractivity (Wildman–Crippen MR) is 3.61 cm³/mol. The molecule has 0 atom stereocenters. The summed E-state index contributed by atoms with van der Waals surface area (Å²) < 4.78 is 0. The van der Waals surface area contributed by atoms with Crippen LogP contribution in [0.3, 0.4) is 0 Å². The fraction of sp³-hybridized carbons (Fsp3) is 0. The van der Waals surface area contributed by atoms with Gasteiger partial charge in [0.05, 0.1) is 0 Å². The molecule has 0 aromatic heterocycles. The molecule has 0 aromatic carbocycles. The van der Waals surface area contributed by atoms with Gasteiger partial charge in [0.25, 0.3) is 0 Å². The molecule has 31 valence electrons. The molecule has 0 aliphatic carbocycles. The van der Waals surface area contributed by atoms with Crippen LogP contribution in [-0.2, 0) is 37.6 Å². The van der Waals surface area contributed by atoms with Gasteiger partial charge >= 0.3 is 0 Å². The molecule has 2 N–H and O–H groups in total. The zero-order valence-electron chi connectivity index (χ0n) is 1.71. The maximum Gasteiger partial charge on any atom is 0 e. The molecule has 0 rings (SSSR count). The van der Waals surface area contributed by atoms with Crippen molar-refractivity contribution in [1.82, 2.24) is 0 Å². The van der Waals surface area contributed by atoms with Crippen molar-refractivity contribution in [1.29, 1.82) is 0 Å². The Morgan fingerprint density at radius 2 is 1.00 bits per heavy atom. The van der Waals surface area contributed by atoms with E-state index in [4.69, 9.17) is 0 Å². The van der Waals surface area contributed by atoms with E-state index >= 15 is 0 Å². The first-order valence-corrected chi connectivity index (χ1v) is 0. The molecule has 1 nitrogen and oxygen atoms in total. The molecular weight excluding hydrogens is 409 g/mol. The van der Waals surface area contributed by atoms with Crippen molar-refractivity contribution >= 4 is 0 Å². The maximum absolute atomic E-state index is 0. The smallest absolute Gasteiger partial charge is 0 e. The Bertz CT molecular complexity index is 8.00. The van der Waals surface area contributed by atoms with Crippen molar-refractivity contribution in [3.05, 3.63) is 0 Å². The van der Waals surface area contributed by atoms with Crippen LogP contribution in [0, 0.1) is 35.6 Å². The van der Waals surface area contributed by atoms with E-state index in [-0.39, 0.29) is 78.6 Å². The van der Waals surface area contributed by atoms with E-state index in [2.05, 4.69) is 0 Å². The molecule has 0 aliphatic rings. The first-order chi connectivity index (χ1) is 0. The summed E-state index contributed by atoms with van der Waals surface area (Å²) in [6, 6.07) is 0. The van der Waals surface area contributed by atoms with Gasteiger partial charge in [-0.25, -0.2) is 0 Å². The average molecular weight is 411 g/mol. The minimum absolute atomic E-state index is 0. The van der Waals surface area contributed by atoms with Gasteiger partial charge in [0, 0.05) is 73.2 Å². The summed E-state index contributed by atoms with van der Waals surface area (Å²) in [6.07, 6.45) is 0. The molecule has 0 heterocycles. The third kappa shape index (κ3) is 8.84. The monoisotopic (exact) mass is 410 g/mol. The van der Waals surface area contributed by atoms with E-state index < -0.39 is 0 Å². The maximum atomic E-state index is 0. The van der Waals surface area contributed by atoms with Crippen LogP contribution in [0.5, 0.6) is 0 Å². The minimum Gasteiger partial charge on any atom is -0.412 e. The van der Waals surface area contributed by atoms with Crippen LogP contribution in [0.1, 0.15) is 0 Å². The van der Waals surface area contributed by atoms with Gasteiger partial charge in [-0.1, -0.05) is 0 Å². The second kappa shape index (κ2) is 18.4.